The second kappa shape index (κ2) is 11.5. The summed E-state index contributed by atoms with van der Waals surface area (Å²) in [5.74, 6) is 0.592. The quantitative estimate of drug-likeness (QED) is 0.158. The maximum atomic E-state index is 14.7. The van der Waals surface area contributed by atoms with Gasteiger partial charge >= 0.3 is 6.09 Å². The summed E-state index contributed by atoms with van der Waals surface area (Å²) in [7, 11) is 0.284. The first kappa shape index (κ1) is 28.8. The number of pyridine rings is 1. The third-order valence-electron chi connectivity index (χ3n) is 6.90. The molecule has 1 atom stereocenters. The summed E-state index contributed by atoms with van der Waals surface area (Å²) in [4.78, 5) is 24.5. The average Bonchev–Trinajstić information content (AvgIpc) is 3.27. The van der Waals surface area contributed by atoms with E-state index in [9.17, 15) is 14.0 Å². The second-order valence-electron chi connectivity index (χ2n) is 11.1. The third-order valence-corrected chi connectivity index (χ3v) is 9.52. The number of fused-ring (bicyclic) bond motifs is 3. The van der Waals surface area contributed by atoms with Gasteiger partial charge in [-0.3, -0.25) is 9.36 Å². The first-order valence-corrected chi connectivity index (χ1v) is 17.4. The van der Waals surface area contributed by atoms with Gasteiger partial charge in [0.1, 0.15) is 17.2 Å². The predicted octanol–water partition coefficient (Wildman–Crippen LogP) is 7.02. The van der Waals surface area contributed by atoms with Crippen LogP contribution in [0.5, 0.6) is 5.75 Å². The molecule has 0 aliphatic carbocycles. The van der Waals surface area contributed by atoms with Crippen LogP contribution in [0.3, 0.4) is 0 Å². The van der Waals surface area contributed by atoms with Crippen molar-refractivity contribution in [1.82, 2.24) is 9.88 Å². The first-order valence-electron chi connectivity index (χ1n) is 12.9. The lowest BCUT2D eigenvalue weighted by Crippen LogP contribution is -2.25. The van der Waals surface area contributed by atoms with Crippen molar-refractivity contribution in [3.8, 4) is 16.9 Å². The van der Waals surface area contributed by atoms with E-state index in [1.165, 1.54) is 6.07 Å². The Balaban J connectivity index is 1.90. The number of nitrogens with zero attached hydrogens (tertiary/aromatic N) is 1. The molecule has 39 heavy (non-hydrogen) atoms. The first-order chi connectivity index (χ1) is 18.4. The zero-order valence-electron chi connectivity index (χ0n) is 23.2. The summed E-state index contributed by atoms with van der Waals surface area (Å²) in [6, 6.07) is 12.1. The number of carboxylic acid groups (broad SMARTS) is 1. The Kier molecular flexibility index (Phi) is 8.48. The van der Waals surface area contributed by atoms with Gasteiger partial charge in [0.05, 0.1) is 12.6 Å². The van der Waals surface area contributed by atoms with Crippen LogP contribution in [0, 0.1) is 12.1 Å². The maximum Gasteiger partial charge on any atom is 0.404 e. The molecule has 4 rings (SSSR count). The van der Waals surface area contributed by atoms with E-state index >= 15 is 0 Å². The van der Waals surface area contributed by atoms with Crippen LogP contribution >= 0.6 is 11.3 Å². The van der Waals surface area contributed by atoms with Crippen molar-refractivity contribution in [3.63, 3.8) is 0 Å². The van der Waals surface area contributed by atoms with E-state index in [4.69, 9.17) is 14.6 Å². The Morgan fingerprint density at radius 2 is 1.90 bits per heavy atom. The number of halogens is 1. The number of aromatic nitrogens is 1. The van der Waals surface area contributed by atoms with Crippen molar-refractivity contribution in [2.75, 3.05) is 20.3 Å². The molecule has 4 aromatic rings. The van der Waals surface area contributed by atoms with E-state index in [1.54, 1.807) is 11.7 Å². The molecular formula is C29H35FN2O5SSi. The van der Waals surface area contributed by atoms with Gasteiger partial charge in [-0.2, -0.15) is 4.39 Å². The van der Waals surface area contributed by atoms with Crippen molar-refractivity contribution in [3.05, 3.63) is 63.0 Å². The van der Waals surface area contributed by atoms with E-state index in [1.807, 2.05) is 44.2 Å². The van der Waals surface area contributed by atoms with Crippen molar-refractivity contribution in [2.24, 2.45) is 0 Å². The standard InChI is InChI=1S/C29H35FN2O5SSi/c1-17-13-22(36-3)24(20-9-7-19(8-10-20)18(2)15-31-29(34)35)25-21-14-23(30)38-27(21)28(33)32(26(17)25)16-37-11-12-39(4,5)6/h7-10,13-14,18,31H,11-12,15-16H2,1-6H3,(H,34,35). The molecular weight excluding hydrogens is 535 g/mol. The lowest BCUT2D eigenvalue weighted by atomic mass is 9.92. The smallest absolute Gasteiger partial charge is 0.404 e. The molecule has 2 heterocycles. The summed E-state index contributed by atoms with van der Waals surface area (Å²) in [5, 5.41) is 12.2. The monoisotopic (exact) mass is 570 g/mol. The zero-order chi connectivity index (χ0) is 28.5. The van der Waals surface area contributed by atoms with E-state index in [-0.39, 0.29) is 18.2 Å². The van der Waals surface area contributed by atoms with Gasteiger partial charge in [0, 0.05) is 37.6 Å². The number of aryl methyl sites for hydroxylation is 1. The van der Waals surface area contributed by atoms with Crippen molar-refractivity contribution in [1.29, 1.82) is 0 Å². The van der Waals surface area contributed by atoms with Gasteiger partial charge in [0.15, 0.2) is 5.13 Å². The van der Waals surface area contributed by atoms with Crippen LogP contribution in [0.1, 0.15) is 24.0 Å². The van der Waals surface area contributed by atoms with Gasteiger partial charge in [-0.15, -0.1) is 11.3 Å². The molecule has 0 fully saturated rings. The molecule has 1 amide bonds. The highest BCUT2D eigenvalue weighted by Gasteiger charge is 2.23. The number of methoxy groups -OCH3 is 1. The fraction of sp³-hybridized carbons (Fsp3) is 0.379. The molecule has 0 radical (unpaired) electrons. The van der Waals surface area contributed by atoms with E-state index < -0.39 is 19.3 Å². The number of hydrogen-bond donors (Lipinski definition) is 2. The maximum absolute atomic E-state index is 14.7. The van der Waals surface area contributed by atoms with Crippen LogP contribution in [0.4, 0.5) is 9.18 Å². The van der Waals surface area contributed by atoms with Crippen LogP contribution in [0.25, 0.3) is 32.1 Å². The van der Waals surface area contributed by atoms with Crippen LogP contribution in [0.15, 0.2) is 41.2 Å². The van der Waals surface area contributed by atoms with Gasteiger partial charge < -0.3 is 19.9 Å². The molecule has 0 aliphatic heterocycles. The number of hydrogen-bond acceptors (Lipinski definition) is 5. The Morgan fingerprint density at radius 1 is 1.21 bits per heavy atom. The highest BCUT2D eigenvalue weighted by atomic mass is 32.1. The molecule has 0 bridgehead atoms. The largest absolute Gasteiger partial charge is 0.496 e. The highest BCUT2D eigenvalue weighted by Crippen LogP contribution is 2.43. The van der Waals surface area contributed by atoms with Crippen molar-refractivity contribution >= 4 is 46.5 Å². The molecule has 2 N–H and O–H groups in total. The second-order valence-corrected chi connectivity index (χ2v) is 17.7. The average molecular weight is 571 g/mol. The molecule has 1 unspecified atom stereocenters. The molecule has 208 valence electrons. The Labute approximate surface area is 232 Å². The minimum absolute atomic E-state index is 0.0250. The number of rotatable bonds is 10. The van der Waals surface area contributed by atoms with E-state index in [0.29, 0.717) is 34.5 Å². The minimum atomic E-state index is -1.31. The lowest BCUT2D eigenvalue weighted by Gasteiger charge is -2.21. The fourth-order valence-corrected chi connectivity index (χ4v) is 6.35. The molecule has 0 saturated carbocycles. The fourth-order valence-electron chi connectivity index (χ4n) is 4.76. The number of ether oxygens (including phenoxy) is 2. The Morgan fingerprint density at radius 3 is 2.51 bits per heavy atom. The topological polar surface area (TPSA) is 89.8 Å². The van der Waals surface area contributed by atoms with Gasteiger partial charge in [-0.25, -0.2) is 4.79 Å². The lowest BCUT2D eigenvalue weighted by molar-refractivity contribution is 0.0882. The van der Waals surface area contributed by atoms with Gasteiger partial charge in [0.2, 0.25) is 0 Å². The molecule has 0 saturated heterocycles. The molecule has 2 aromatic heterocycles. The van der Waals surface area contributed by atoms with Gasteiger partial charge in [-0.05, 0) is 47.7 Å². The van der Waals surface area contributed by atoms with Crippen LogP contribution in [-0.4, -0.2) is 44.1 Å². The number of thiophene rings is 1. The zero-order valence-corrected chi connectivity index (χ0v) is 25.0. The Bertz CT molecular complexity index is 1570. The number of amides is 1. The normalized spacial score (nSPS) is 12.7. The molecule has 2 aromatic carbocycles. The predicted molar refractivity (Wildman–Crippen MR) is 159 cm³/mol. The summed E-state index contributed by atoms with van der Waals surface area (Å²) in [5.41, 5.74) is 3.83. The highest BCUT2D eigenvalue weighted by molar-refractivity contribution is 7.17. The van der Waals surface area contributed by atoms with Crippen LogP contribution in [0.2, 0.25) is 25.7 Å². The van der Waals surface area contributed by atoms with E-state index in [0.717, 1.165) is 45.0 Å². The Hall–Kier alpha value is -3.21. The van der Waals surface area contributed by atoms with Crippen LogP contribution < -0.4 is 15.6 Å². The van der Waals surface area contributed by atoms with Gasteiger partial charge in [0.25, 0.3) is 5.56 Å². The van der Waals surface area contributed by atoms with Crippen molar-refractivity contribution in [2.45, 2.75) is 52.2 Å². The van der Waals surface area contributed by atoms with Crippen molar-refractivity contribution < 1.29 is 23.8 Å². The van der Waals surface area contributed by atoms with Gasteiger partial charge in [-0.1, -0.05) is 50.8 Å². The van der Waals surface area contributed by atoms with E-state index in [2.05, 4.69) is 25.0 Å². The number of benzene rings is 2. The molecule has 10 heteroatoms. The van der Waals surface area contributed by atoms with Crippen LogP contribution in [-0.2, 0) is 11.5 Å². The number of carbonyl (C=O) groups is 1. The SMILES string of the molecule is COc1cc(C)c2c(c1-c1ccc(C(C)CNC(=O)O)cc1)c1cc(F)sc1c(=O)n2COCC[Si](C)(C)C. The summed E-state index contributed by atoms with van der Waals surface area (Å²) < 4.78 is 28.4. The summed E-state index contributed by atoms with van der Waals surface area (Å²) in [6.07, 6.45) is -1.06. The molecule has 7 nitrogen and oxygen atoms in total. The summed E-state index contributed by atoms with van der Waals surface area (Å²) >= 11 is 0.844. The summed E-state index contributed by atoms with van der Waals surface area (Å²) in [6.45, 7) is 11.6. The molecule has 0 aliphatic rings. The molecule has 0 spiro atoms. The number of nitrogens with one attached hydrogen (secondary N) is 1. The third kappa shape index (κ3) is 6.18. The minimum Gasteiger partial charge on any atom is -0.496 e.